The van der Waals surface area contributed by atoms with Crippen LogP contribution < -0.4 is 5.32 Å². The Morgan fingerprint density at radius 3 is 3.12 bits per heavy atom. The summed E-state index contributed by atoms with van der Waals surface area (Å²) in [5.74, 6) is 1.37. The molecule has 2 heterocycles. The molecular weight excluding hydrogens is 236 g/mol. The van der Waals surface area contributed by atoms with Crippen LogP contribution in [0.2, 0.25) is 5.02 Å². The first-order valence-corrected chi connectivity index (χ1v) is 6.38. The van der Waals surface area contributed by atoms with Crippen molar-refractivity contribution in [2.75, 3.05) is 19.6 Å². The molecule has 17 heavy (non-hydrogen) atoms. The maximum atomic E-state index is 5.98. The van der Waals surface area contributed by atoms with Gasteiger partial charge < -0.3 is 10.1 Å². The van der Waals surface area contributed by atoms with E-state index in [1.54, 1.807) is 0 Å². The van der Waals surface area contributed by atoms with Gasteiger partial charge in [0, 0.05) is 17.5 Å². The Bertz CT molecular complexity index is 441. The van der Waals surface area contributed by atoms with E-state index in [2.05, 4.69) is 10.3 Å². The summed E-state index contributed by atoms with van der Waals surface area (Å²) in [6, 6.07) is 7.83. The fraction of sp³-hybridized carbons (Fsp3) is 0.462. The van der Waals surface area contributed by atoms with E-state index in [9.17, 15) is 0 Å². The Morgan fingerprint density at radius 2 is 2.35 bits per heavy atom. The largest absolute Gasteiger partial charge is 0.471 e. The second-order valence-corrected chi connectivity index (χ2v) is 4.97. The van der Waals surface area contributed by atoms with E-state index in [0.29, 0.717) is 12.5 Å². The number of nitrogens with one attached hydrogen (secondary N) is 1. The number of hydrogen-bond donors (Lipinski definition) is 1. The predicted octanol–water partition coefficient (Wildman–Crippen LogP) is 2.42. The topological polar surface area (TPSA) is 33.6 Å². The van der Waals surface area contributed by atoms with Gasteiger partial charge in [-0.15, -0.1) is 0 Å². The van der Waals surface area contributed by atoms with Crippen molar-refractivity contribution in [1.29, 1.82) is 0 Å². The first kappa shape index (κ1) is 11.1. The van der Waals surface area contributed by atoms with Gasteiger partial charge in [-0.2, -0.15) is 0 Å². The molecule has 0 radical (unpaired) electrons. The molecule has 2 aliphatic heterocycles. The van der Waals surface area contributed by atoms with Crippen LogP contribution in [0.15, 0.2) is 29.3 Å². The molecule has 4 heteroatoms. The second-order valence-electron chi connectivity index (χ2n) is 4.53. The molecule has 0 aliphatic carbocycles. The van der Waals surface area contributed by atoms with Gasteiger partial charge in [0.15, 0.2) is 5.90 Å². The molecule has 90 valence electrons. The fourth-order valence-corrected chi connectivity index (χ4v) is 2.56. The van der Waals surface area contributed by atoms with Gasteiger partial charge in [0.25, 0.3) is 0 Å². The molecule has 2 unspecified atom stereocenters. The number of benzene rings is 1. The third-order valence-corrected chi connectivity index (χ3v) is 3.54. The van der Waals surface area contributed by atoms with Crippen LogP contribution in [0.25, 0.3) is 0 Å². The minimum atomic E-state index is 0.0456. The lowest BCUT2D eigenvalue weighted by molar-refractivity contribution is 0.216. The predicted molar refractivity (Wildman–Crippen MR) is 68.6 cm³/mol. The molecular formula is C13H15ClN2O. The van der Waals surface area contributed by atoms with Gasteiger partial charge in [-0.3, -0.25) is 4.99 Å². The lowest BCUT2D eigenvalue weighted by Gasteiger charge is -2.14. The highest BCUT2D eigenvalue weighted by Gasteiger charge is 2.29. The summed E-state index contributed by atoms with van der Waals surface area (Å²) in [7, 11) is 0. The van der Waals surface area contributed by atoms with Crippen molar-refractivity contribution < 1.29 is 4.74 Å². The maximum absolute atomic E-state index is 5.98. The number of ether oxygens (including phenoxy) is 1. The number of rotatable bonds is 2. The fourth-order valence-electron chi connectivity index (χ4n) is 2.36. The van der Waals surface area contributed by atoms with E-state index in [-0.39, 0.29) is 6.10 Å². The van der Waals surface area contributed by atoms with Gasteiger partial charge in [0.05, 0.1) is 6.54 Å². The molecule has 3 nitrogen and oxygen atoms in total. The van der Waals surface area contributed by atoms with Gasteiger partial charge in [-0.1, -0.05) is 23.7 Å². The zero-order valence-electron chi connectivity index (χ0n) is 9.53. The molecule has 2 aliphatic rings. The van der Waals surface area contributed by atoms with Crippen LogP contribution in [0, 0.1) is 5.92 Å². The van der Waals surface area contributed by atoms with Gasteiger partial charge in [0.1, 0.15) is 6.10 Å². The normalized spacial score (nSPS) is 27.9. The van der Waals surface area contributed by atoms with Crippen molar-refractivity contribution >= 4 is 17.5 Å². The van der Waals surface area contributed by atoms with Crippen LogP contribution in [-0.2, 0) is 4.74 Å². The number of hydrogen-bond acceptors (Lipinski definition) is 3. The molecule has 1 aromatic carbocycles. The summed E-state index contributed by atoms with van der Waals surface area (Å²) in [6.45, 7) is 2.77. The highest BCUT2D eigenvalue weighted by Crippen LogP contribution is 2.28. The Hall–Kier alpha value is -1.06. The van der Waals surface area contributed by atoms with Crippen LogP contribution >= 0.6 is 11.6 Å². The number of halogens is 1. The van der Waals surface area contributed by atoms with Crippen LogP contribution in [0.5, 0.6) is 0 Å². The minimum Gasteiger partial charge on any atom is -0.471 e. The molecule has 1 aromatic rings. The third-order valence-electron chi connectivity index (χ3n) is 3.31. The van der Waals surface area contributed by atoms with Gasteiger partial charge in [-0.05, 0) is 30.7 Å². The average molecular weight is 251 g/mol. The summed E-state index contributed by atoms with van der Waals surface area (Å²) in [5, 5.41) is 4.08. The minimum absolute atomic E-state index is 0.0456. The molecule has 0 saturated carbocycles. The van der Waals surface area contributed by atoms with Crippen molar-refractivity contribution in [3.05, 3.63) is 34.9 Å². The highest BCUT2D eigenvalue weighted by molar-refractivity contribution is 6.30. The van der Waals surface area contributed by atoms with Gasteiger partial charge in [0.2, 0.25) is 0 Å². The van der Waals surface area contributed by atoms with E-state index >= 15 is 0 Å². The van der Waals surface area contributed by atoms with Crippen LogP contribution in [0.4, 0.5) is 0 Å². The van der Waals surface area contributed by atoms with Crippen LogP contribution in [0.1, 0.15) is 18.1 Å². The average Bonchev–Trinajstić information content (AvgIpc) is 3.00. The standard InChI is InChI=1S/C13H15ClN2O/c14-11-3-1-2-9(6-11)12-8-16-13(17-12)10-4-5-15-7-10/h1-3,6,10,12,15H,4-5,7-8H2. The SMILES string of the molecule is Clc1cccc(C2CN=C(C3CCNC3)O2)c1. The highest BCUT2D eigenvalue weighted by atomic mass is 35.5. The second kappa shape index (κ2) is 4.67. The molecule has 1 N–H and O–H groups in total. The first-order valence-electron chi connectivity index (χ1n) is 6.00. The molecule has 1 saturated heterocycles. The molecule has 2 atom stereocenters. The molecule has 0 bridgehead atoms. The number of nitrogens with zero attached hydrogens (tertiary/aromatic N) is 1. The van der Waals surface area contributed by atoms with E-state index in [4.69, 9.17) is 16.3 Å². The van der Waals surface area contributed by atoms with Crippen LogP contribution in [-0.4, -0.2) is 25.5 Å². The molecule has 0 aromatic heterocycles. The van der Waals surface area contributed by atoms with Crippen molar-refractivity contribution in [3.63, 3.8) is 0 Å². The van der Waals surface area contributed by atoms with Crippen molar-refractivity contribution in [1.82, 2.24) is 5.32 Å². The van der Waals surface area contributed by atoms with E-state index in [0.717, 1.165) is 36.0 Å². The lowest BCUT2D eigenvalue weighted by Crippen LogP contribution is -2.18. The summed E-state index contributed by atoms with van der Waals surface area (Å²) >= 11 is 5.98. The van der Waals surface area contributed by atoms with E-state index < -0.39 is 0 Å². The summed E-state index contributed by atoms with van der Waals surface area (Å²) in [6.07, 6.45) is 1.17. The zero-order chi connectivity index (χ0) is 11.7. The Morgan fingerprint density at radius 1 is 1.41 bits per heavy atom. The van der Waals surface area contributed by atoms with Gasteiger partial charge in [-0.25, -0.2) is 0 Å². The lowest BCUT2D eigenvalue weighted by atomic mass is 10.1. The van der Waals surface area contributed by atoms with Gasteiger partial charge >= 0.3 is 0 Å². The van der Waals surface area contributed by atoms with Crippen molar-refractivity contribution in [2.45, 2.75) is 12.5 Å². The monoisotopic (exact) mass is 250 g/mol. The molecule has 0 amide bonds. The maximum Gasteiger partial charge on any atom is 0.188 e. The third kappa shape index (κ3) is 2.31. The molecule has 0 spiro atoms. The Labute approximate surface area is 106 Å². The summed E-state index contributed by atoms with van der Waals surface area (Å²) < 4.78 is 5.94. The summed E-state index contributed by atoms with van der Waals surface area (Å²) in [5.41, 5.74) is 1.11. The quantitative estimate of drug-likeness (QED) is 0.875. The Kier molecular flexibility index (Phi) is 3.04. The van der Waals surface area contributed by atoms with E-state index in [1.807, 2.05) is 24.3 Å². The molecule has 3 rings (SSSR count). The molecule has 1 fully saturated rings. The zero-order valence-corrected chi connectivity index (χ0v) is 10.3. The Balaban J connectivity index is 1.69. The first-order chi connectivity index (χ1) is 8.33. The summed E-state index contributed by atoms with van der Waals surface area (Å²) in [4.78, 5) is 4.52. The van der Waals surface area contributed by atoms with Crippen molar-refractivity contribution in [3.8, 4) is 0 Å². The van der Waals surface area contributed by atoms with E-state index in [1.165, 1.54) is 0 Å². The van der Waals surface area contributed by atoms with Crippen molar-refractivity contribution in [2.24, 2.45) is 10.9 Å². The van der Waals surface area contributed by atoms with Crippen LogP contribution in [0.3, 0.4) is 0 Å². The smallest absolute Gasteiger partial charge is 0.188 e. The number of aliphatic imine (C=N–C) groups is 1.